The van der Waals surface area contributed by atoms with E-state index in [1.165, 1.54) is 0 Å². The van der Waals surface area contributed by atoms with Crippen molar-refractivity contribution in [3.63, 3.8) is 0 Å². The van der Waals surface area contributed by atoms with Crippen molar-refractivity contribution in [2.24, 2.45) is 4.99 Å². The number of guanidine groups is 1. The Morgan fingerprint density at radius 3 is 2.71 bits per heavy atom. The highest BCUT2D eigenvalue weighted by Gasteiger charge is 2.25. The zero-order chi connectivity index (χ0) is 17.4. The molecule has 0 bridgehead atoms. The molecule has 1 aliphatic heterocycles. The minimum absolute atomic E-state index is 0.128. The van der Waals surface area contributed by atoms with Gasteiger partial charge in [0.15, 0.2) is 5.96 Å². The third-order valence-electron chi connectivity index (χ3n) is 3.93. The number of carbonyl (C=O) groups is 1. The molecule has 1 aromatic rings. The van der Waals surface area contributed by atoms with Crippen LogP contribution in [0.3, 0.4) is 0 Å². The second-order valence-electron chi connectivity index (χ2n) is 5.68. The molecule has 0 unspecified atom stereocenters. The van der Waals surface area contributed by atoms with Crippen LogP contribution in [0.1, 0.15) is 12.0 Å². The van der Waals surface area contributed by atoms with E-state index in [1.54, 1.807) is 7.05 Å². The molecule has 132 valence electrons. The molecule has 1 aromatic carbocycles. The number of carbonyl (C=O) groups excluding carboxylic acids is 1. The first-order valence-corrected chi connectivity index (χ1v) is 9.88. The normalized spacial score (nSPS) is 15.8. The van der Waals surface area contributed by atoms with E-state index in [-0.39, 0.29) is 5.91 Å². The number of rotatable bonds is 6. The van der Waals surface area contributed by atoms with Gasteiger partial charge < -0.3 is 15.1 Å². The zero-order valence-electron chi connectivity index (χ0n) is 14.3. The average Bonchev–Trinajstić information content (AvgIpc) is 2.59. The van der Waals surface area contributed by atoms with Gasteiger partial charge in [-0.1, -0.05) is 23.7 Å². The fourth-order valence-electron chi connectivity index (χ4n) is 2.62. The molecular weight excluding hydrogens is 344 g/mol. The van der Waals surface area contributed by atoms with Gasteiger partial charge in [-0.15, -0.1) is 0 Å². The number of halogens is 1. The Hall–Kier alpha value is -1.40. The standard InChI is InChI=1S/C17H25ClN4OS/c1-19-17(20-8-3-11-24-2)22-10-9-21(16(23)13-22)12-14-4-6-15(18)7-5-14/h4-7H,3,8-13H2,1-2H3,(H,19,20). The van der Waals surface area contributed by atoms with Gasteiger partial charge in [0.25, 0.3) is 0 Å². The summed E-state index contributed by atoms with van der Waals surface area (Å²) in [5, 5.41) is 4.06. The minimum Gasteiger partial charge on any atom is -0.356 e. The van der Waals surface area contributed by atoms with Crippen molar-refractivity contribution in [1.29, 1.82) is 0 Å². The van der Waals surface area contributed by atoms with Crippen LogP contribution in [-0.4, -0.2) is 66.9 Å². The number of thioether (sulfide) groups is 1. The van der Waals surface area contributed by atoms with Gasteiger partial charge in [-0.2, -0.15) is 11.8 Å². The summed E-state index contributed by atoms with van der Waals surface area (Å²) in [5.74, 6) is 2.07. The van der Waals surface area contributed by atoms with Crippen molar-refractivity contribution in [3.8, 4) is 0 Å². The zero-order valence-corrected chi connectivity index (χ0v) is 15.9. The van der Waals surface area contributed by atoms with Crippen LogP contribution in [0.15, 0.2) is 29.3 Å². The van der Waals surface area contributed by atoms with Crippen molar-refractivity contribution in [2.45, 2.75) is 13.0 Å². The maximum Gasteiger partial charge on any atom is 0.242 e. The molecule has 0 aliphatic carbocycles. The van der Waals surface area contributed by atoms with Crippen molar-refractivity contribution >= 4 is 35.2 Å². The molecule has 0 radical (unpaired) electrons. The minimum atomic E-state index is 0.128. The molecule has 7 heteroatoms. The van der Waals surface area contributed by atoms with Crippen LogP contribution in [-0.2, 0) is 11.3 Å². The Morgan fingerprint density at radius 1 is 1.33 bits per heavy atom. The third kappa shape index (κ3) is 5.60. The molecule has 0 spiro atoms. The molecule has 0 aromatic heterocycles. The highest BCUT2D eigenvalue weighted by atomic mass is 35.5. The summed E-state index contributed by atoms with van der Waals surface area (Å²) in [5.41, 5.74) is 1.10. The topological polar surface area (TPSA) is 47.9 Å². The molecule has 2 rings (SSSR count). The quantitative estimate of drug-likeness (QED) is 0.475. The number of hydrogen-bond acceptors (Lipinski definition) is 3. The lowest BCUT2D eigenvalue weighted by atomic mass is 10.2. The predicted molar refractivity (Wildman–Crippen MR) is 103 cm³/mol. The molecule has 1 heterocycles. The maximum atomic E-state index is 12.4. The first-order chi connectivity index (χ1) is 11.6. The van der Waals surface area contributed by atoms with Crippen molar-refractivity contribution in [3.05, 3.63) is 34.9 Å². The number of nitrogens with one attached hydrogen (secondary N) is 1. The van der Waals surface area contributed by atoms with Gasteiger partial charge in [-0.05, 0) is 36.1 Å². The molecule has 0 atom stereocenters. The Bertz CT molecular complexity index is 564. The van der Waals surface area contributed by atoms with Gasteiger partial charge in [0, 0.05) is 38.2 Å². The smallest absolute Gasteiger partial charge is 0.242 e. The molecule has 0 saturated carbocycles. The van der Waals surface area contributed by atoms with Gasteiger partial charge in [-0.3, -0.25) is 9.79 Å². The second kappa shape index (κ2) is 9.79. The van der Waals surface area contributed by atoms with Gasteiger partial charge >= 0.3 is 0 Å². The Kier molecular flexibility index (Phi) is 7.72. The fourth-order valence-corrected chi connectivity index (χ4v) is 3.17. The number of hydrogen-bond donors (Lipinski definition) is 1. The summed E-state index contributed by atoms with van der Waals surface area (Å²) in [6.07, 6.45) is 3.19. The second-order valence-corrected chi connectivity index (χ2v) is 7.11. The summed E-state index contributed by atoms with van der Waals surface area (Å²) in [7, 11) is 1.77. The third-order valence-corrected chi connectivity index (χ3v) is 4.87. The predicted octanol–water partition coefficient (Wildman–Crippen LogP) is 2.31. The van der Waals surface area contributed by atoms with Gasteiger partial charge in [-0.25, -0.2) is 0 Å². The van der Waals surface area contributed by atoms with E-state index >= 15 is 0 Å². The number of nitrogens with zero attached hydrogens (tertiary/aromatic N) is 3. The summed E-state index contributed by atoms with van der Waals surface area (Å²) >= 11 is 7.74. The van der Waals surface area contributed by atoms with Gasteiger partial charge in [0.05, 0.1) is 6.54 Å². The van der Waals surface area contributed by atoms with Gasteiger partial charge in [0.1, 0.15) is 0 Å². The van der Waals surface area contributed by atoms with E-state index in [0.29, 0.717) is 24.7 Å². The Morgan fingerprint density at radius 2 is 2.08 bits per heavy atom. The lowest BCUT2D eigenvalue weighted by molar-refractivity contribution is -0.135. The lowest BCUT2D eigenvalue weighted by Crippen LogP contribution is -2.55. The number of amides is 1. The molecule has 1 fully saturated rings. The molecule has 24 heavy (non-hydrogen) atoms. The first-order valence-electron chi connectivity index (χ1n) is 8.11. The summed E-state index contributed by atoms with van der Waals surface area (Å²) in [6, 6.07) is 7.65. The van der Waals surface area contributed by atoms with E-state index in [1.807, 2.05) is 45.8 Å². The van der Waals surface area contributed by atoms with Crippen LogP contribution in [0.25, 0.3) is 0 Å². The number of piperazine rings is 1. The highest BCUT2D eigenvalue weighted by Crippen LogP contribution is 2.13. The SMILES string of the molecule is CN=C(NCCCSC)N1CCN(Cc2ccc(Cl)cc2)C(=O)C1. The van der Waals surface area contributed by atoms with Crippen molar-refractivity contribution < 1.29 is 4.79 Å². The summed E-state index contributed by atoms with van der Waals surface area (Å²) in [4.78, 5) is 20.7. The Balaban J connectivity index is 1.85. The van der Waals surface area contributed by atoms with E-state index < -0.39 is 0 Å². The van der Waals surface area contributed by atoms with Crippen LogP contribution >= 0.6 is 23.4 Å². The number of benzene rings is 1. The molecule has 1 saturated heterocycles. The van der Waals surface area contributed by atoms with E-state index in [4.69, 9.17) is 11.6 Å². The van der Waals surface area contributed by atoms with Crippen LogP contribution in [0, 0.1) is 0 Å². The lowest BCUT2D eigenvalue weighted by Gasteiger charge is -2.36. The van der Waals surface area contributed by atoms with E-state index in [2.05, 4.69) is 16.6 Å². The molecule has 1 N–H and O–H groups in total. The van der Waals surface area contributed by atoms with Crippen molar-refractivity contribution in [2.75, 3.05) is 45.2 Å². The molecule has 1 amide bonds. The molecule has 5 nitrogen and oxygen atoms in total. The summed E-state index contributed by atoms with van der Waals surface area (Å²) < 4.78 is 0. The maximum absolute atomic E-state index is 12.4. The van der Waals surface area contributed by atoms with Crippen LogP contribution in [0.4, 0.5) is 0 Å². The summed E-state index contributed by atoms with van der Waals surface area (Å²) in [6.45, 7) is 3.38. The molecule has 1 aliphatic rings. The average molecular weight is 369 g/mol. The fraction of sp³-hybridized carbons (Fsp3) is 0.529. The largest absolute Gasteiger partial charge is 0.356 e. The van der Waals surface area contributed by atoms with E-state index in [9.17, 15) is 4.79 Å². The van der Waals surface area contributed by atoms with Gasteiger partial charge in [0.2, 0.25) is 5.91 Å². The van der Waals surface area contributed by atoms with Crippen LogP contribution < -0.4 is 5.32 Å². The van der Waals surface area contributed by atoms with Crippen LogP contribution in [0.5, 0.6) is 0 Å². The monoisotopic (exact) mass is 368 g/mol. The number of aliphatic imine (C=N–C) groups is 1. The highest BCUT2D eigenvalue weighted by molar-refractivity contribution is 7.98. The van der Waals surface area contributed by atoms with E-state index in [0.717, 1.165) is 36.8 Å². The first kappa shape index (κ1) is 18.9. The van der Waals surface area contributed by atoms with Crippen molar-refractivity contribution in [1.82, 2.24) is 15.1 Å². The Labute approximate surface area is 153 Å². The molecular formula is C17H25ClN4OS. The van der Waals surface area contributed by atoms with Crippen LogP contribution in [0.2, 0.25) is 5.02 Å².